The van der Waals surface area contributed by atoms with E-state index in [-0.39, 0.29) is 30.6 Å². The molecule has 1 aliphatic rings. The Morgan fingerprint density at radius 2 is 1.41 bits per heavy atom. The van der Waals surface area contributed by atoms with E-state index in [0.29, 0.717) is 30.8 Å². The molecule has 8 nitrogen and oxygen atoms in total. The number of carbonyl (C=O) groups excluding carboxylic acids is 2. The molecule has 9 heteroatoms. The van der Waals surface area contributed by atoms with Gasteiger partial charge in [0.25, 0.3) is 0 Å². The van der Waals surface area contributed by atoms with E-state index in [9.17, 15) is 14.7 Å². The van der Waals surface area contributed by atoms with Crippen molar-refractivity contribution in [3.05, 3.63) is 150 Å². The lowest BCUT2D eigenvalue weighted by Crippen LogP contribution is -2.31. The van der Waals surface area contributed by atoms with Crippen LogP contribution in [0.3, 0.4) is 0 Å². The standard InChI is InChI=1S/C45H49N3O5S/c46-40-15-8-9-16-41(40)48-44(51)18-7-2-1-6-17-43(50)47-29-33-11-10-12-37(27-33)34-23-25-36(26-24-34)45-52-38(31-54-39-13-4-3-5-14-39)28-42(53-45)35-21-19-32(30-49)20-22-35/h3-5,8-16,19-27,38,42,45,49H,1-2,6-7,17-18,28-31,46H2,(H,47,50)(H,48,51). The van der Waals surface area contributed by atoms with Crippen LogP contribution < -0.4 is 16.4 Å². The minimum Gasteiger partial charge on any atom is -0.397 e. The normalized spacial score (nSPS) is 16.8. The van der Waals surface area contributed by atoms with E-state index in [1.807, 2.05) is 54.6 Å². The molecule has 3 unspecified atom stereocenters. The number of ether oxygens (including phenoxy) is 2. The number of hydrogen-bond acceptors (Lipinski definition) is 7. The van der Waals surface area contributed by atoms with Gasteiger partial charge in [-0.05, 0) is 71.0 Å². The predicted octanol–water partition coefficient (Wildman–Crippen LogP) is 9.36. The van der Waals surface area contributed by atoms with Gasteiger partial charge in [0, 0.05) is 42.0 Å². The first-order valence-electron chi connectivity index (χ1n) is 18.7. The molecule has 0 aromatic heterocycles. The molecule has 5 aromatic carbocycles. The van der Waals surface area contributed by atoms with Crippen molar-refractivity contribution >= 4 is 35.0 Å². The predicted molar refractivity (Wildman–Crippen MR) is 216 cm³/mol. The summed E-state index contributed by atoms with van der Waals surface area (Å²) in [6, 6.07) is 42.1. The van der Waals surface area contributed by atoms with Crippen molar-refractivity contribution in [1.29, 1.82) is 0 Å². The summed E-state index contributed by atoms with van der Waals surface area (Å²) in [4.78, 5) is 26.0. The summed E-state index contributed by atoms with van der Waals surface area (Å²) in [5, 5.41) is 15.4. The van der Waals surface area contributed by atoms with Gasteiger partial charge in [-0.3, -0.25) is 9.59 Å². The number of rotatable bonds is 17. The summed E-state index contributed by atoms with van der Waals surface area (Å²) >= 11 is 1.79. The highest BCUT2D eigenvalue weighted by molar-refractivity contribution is 7.99. The fourth-order valence-corrected chi connectivity index (χ4v) is 7.40. The quantitative estimate of drug-likeness (QED) is 0.0425. The Labute approximate surface area is 322 Å². The van der Waals surface area contributed by atoms with Gasteiger partial charge in [0.15, 0.2) is 6.29 Å². The smallest absolute Gasteiger partial charge is 0.224 e. The maximum atomic E-state index is 12.6. The number of unbranched alkanes of at least 4 members (excludes halogenated alkanes) is 3. The van der Waals surface area contributed by atoms with Crippen LogP contribution in [0.5, 0.6) is 0 Å². The van der Waals surface area contributed by atoms with Gasteiger partial charge < -0.3 is 30.9 Å². The molecule has 0 bridgehead atoms. The number of carbonyl (C=O) groups is 2. The molecule has 0 aliphatic carbocycles. The summed E-state index contributed by atoms with van der Waals surface area (Å²) in [6.45, 7) is 0.469. The minimum absolute atomic E-state index is 0.00989. The third-order valence-electron chi connectivity index (χ3n) is 9.52. The van der Waals surface area contributed by atoms with Crippen LogP contribution >= 0.6 is 11.8 Å². The molecule has 1 fully saturated rings. The monoisotopic (exact) mass is 743 g/mol. The van der Waals surface area contributed by atoms with E-state index >= 15 is 0 Å². The minimum atomic E-state index is -0.516. The molecule has 0 radical (unpaired) electrons. The van der Waals surface area contributed by atoms with Gasteiger partial charge in [0.2, 0.25) is 11.8 Å². The fraction of sp³-hybridized carbons (Fsp3) is 0.289. The van der Waals surface area contributed by atoms with Crippen molar-refractivity contribution in [2.45, 2.75) is 81.5 Å². The topological polar surface area (TPSA) is 123 Å². The average molecular weight is 744 g/mol. The lowest BCUT2D eigenvalue weighted by atomic mass is 9.99. The molecule has 280 valence electrons. The molecule has 0 saturated carbocycles. The molecule has 3 atom stereocenters. The SMILES string of the molecule is Nc1ccccc1NC(=O)CCCCCCC(=O)NCc1cccc(-c2ccc(C3OC(CSc4ccccc4)CC(c4ccc(CO)cc4)O3)cc2)c1. The number of nitrogens with two attached hydrogens (primary N) is 1. The van der Waals surface area contributed by atoms with Crippen LogP contribution in [0, 0.1) is 0 Å². The lowest BCUT2D eigenvalue weighted by molar-refractivity contribution is -0.245. The maximum Gasteiger partial charge on any atom is 0.224 e. The zero-order valence-electron chi connectivity index (χ0n) is 30.5. The molecule has 6 rings (SSSR count). The molecule has 1 aliphatic heterocycles. The number of para-hydroxylation sites is 2. The van der Waals surface area contributed by atoms with Crippen molar-refractivity contribution in [3.8, 4) is 11.1 Å². The molecule has 54 heavy (non-hydrogen) atoms. The van der Waals surface area contributed by atoms with E-state index in [1.54, 1.807) is 23.9 Å². The Morgan fingerprint density at radius 3 is 2.15 bits per heavy atom. The summed E-state index contributed by atoms with van der Waals surface area (Å²) < 4.78 is 13.1. The Bertz CT molecular complexity index is 1940. The van der Waals surface area contributed by atoms with E-state index in [1.165, 1.54) is 4.90 Å². The van der Waals surface area contributed by atoms with Gasteiger partial charge in [-0.2, -0.15) is 0 Å². The highest BCUT2D eigenvalue weighted by atomic mass is 32.2. The van der Waals surface area contributed by atoms with Gasteiger partial charge in [-0.1, -0.05) is 110 Å². The Morgan fingerprint density at radius 1 is 0.704 bits per heavy atom. The van der Waals surface area contributed by atoms with Crippen LogP contribution in [-0.4, -0.2) is 28.8 Å². The van der Waals surface area contributed by atoms with Crippen LogP contribution in [0.25, 0.3) is 11.1 Å². The van der Waals surface area contributed by atoms with Gasteiger partial charge >= 0.3 is 0 Å². The molecule has 2 amide bonds. The van der Waals surface area contributed by atoms with Crippen molar-refractivity contribution in [1.82, 2.24) is 5.32 Å². The number of amides is 2. The first kappa shape index (κ1) is 38.8. The third-order valence-corrected chi connectivity index (χ3v) is 10.7. The number of aliphatic hydroxyl groups is 1. The van der Waals surface area contributed by atoms with Gasteiger partial charge in [0.05, 0.1) is 30.2 Å². The van der Waals surface area contributed by atoms with Crippen LogP contribution in [-0.2, 0) is 32.2 Å². The summed E-state index contributed by atoms with van der Waals surface area (Å²) in [5.74, 6) is 0.787. The van der Waals surface area contributed by atoms with E-state index in [0.717, 1.165) is 71.2 Å². The van der Waals surface area contributed by atoms with Crippen molar-refractivity contribution in [2.75, 3.05) is 16.8 Å². The second kappa shape index (κ2) is 19.9. The van der Waals surface area contributed by atoms with Crippen molar-refractivity contribution in [3.63, 3.8) is 0 Å². The molecular formula is C45H49N3O5S. The first-order chi connectivity index (χ1) is 26.4. The van der Waals surface area contributed by atoms with Crippen molar-refractivity contribution < 1.29 is 24.2 Å². The largest absolute Gasteiger partial charge is 0.397 e. The Kier molecular flexibility index (Phi) is 14.3. The number of anilines is 2. The zero-order valence-corrected chi connectivity index (χ0v) is 31.3. The highest BCUT2D eigenvalue weighted by Gasteiger charge is 2.32. The summed E-state index contributed by atoms with van der Waals surface area (Å²) in [7, 11) is 0. The molecule has 1 saturated heterocycles. The molecule has 5 N–H and O–H groups in total. The van der Waals surface area contributed by atoms with Crippen LogP contribution in [0.2, 0.25) is 0 Å². The zero-order chi connectivity index (χ0) is 37.5. The summed E-state index contributed by atoms with van der Waals surface area (Å²) in [6.07, 6.45) is 4.29. The Hall–Kier alpha value is -4.93. The third kappa shape index (κ3) is 11.5. The van der Waals surface area contributed by atoms with E-state index < -0.39 is 6.29 Å². The van der Waals surface area contributed by atoms with Crippen molar-refractivity contribution in [2.24, 2.45) is 0 Å². The number of benzene rings is 5. The molecular weight excluding hydrogens is 695 g/mol. The number of nitrogen functional groups attached to an aromatic ring is 1. The number of nitrogens with one attached hydrogen (secondary N) is 2. The molecule has 0 spiro atoms. The first-order valence-corrected chi connectivity index (χ1v) is 19.7. The fourth-order valence-electron chi connectivity index (χ4n) is 6.46. The van der Waals surface area contributed by atoms with Crippen LogP contribution in [0.15, 0.2) is 132 Å². The van der Waals surface area contributed by atoms with Crippen LogP contribution in [0.1, 0.15) is 79.6 Å². The summed E-state index contributed by atoms with van der Waals surface area (Å²) in [5.41, 5.74) is 13.2. The van der Waals surface area contributed by atoms with E-state index in [4.69, 9.17) is 15.2 Å². The number of hydrogen-bond donors (Lipinski definition) is 4. The number of thioether (sulfide) groups is 1. The second-order valence-corrected chi connectivity index (χ2v) is 14.7. The van der Waals surface area contributed by atoms with Gasteiger partial charge in [0.1, 0.15) is 0 Å². The molecule has 5 aromatic rings. The van der Waals surface area contributed by atoms with Gasteiger partial charge in [-0.15, -0.1) is 11.8 Å². The maximum absolute atomic E-state index is 12.6. The van der Waals surface area contributed by atoms with Crippen LogP contribution in [0.4, 0.5) is 11.4 Å². The molecule has 1 heterocycles. The Balaban J connectivity index is 0.975. The van der Waals surface area contributed by atoms with Gasteiger partial charge in [-0.25, -0.2) is 0 Å². The second-order valence-electron chi connectivity index (χ2n) is 13.6. The average Bonchev–Trinajstić information content (AvgIpc) is 3.22. The van der Waals surface area contributed by atoms with E-state index in [2.05, 4.69) is 71.3 Å². The highest BCUT2D eigenvalue weighted by Crippen LogP contribution is 2.40. The number of aliphatic hydroxyl groups excluding tert-OH is 1. The lowest BCUT2D eigenvalue weighted by Gasteiger charge is -2.36.